The monoisotopic (exact) mass is 479 g/mol. The standard InChI is InChI=1S/C17H21.C9H12N.2ClH.Ti/c1-6-15-9-7-8-10-16(15)17-13(4)11(2)12(3)14(17)5;1-6-4-7(2)9(10)8(3)5-6;;;/h6-10,13H,1-5H3;4-5,10H,1-3H3;2*1H;/q;-1;;;+1. The molecule has 0 fully saturated rings. The maximum absolute atomic E-state index is 3.86. The molecule has 0 amide bonds. The zero-order valence-corrected chi connectivity index (χ0v) is 22.6. The van der Waals surface area contributed by atoms with Crippen LogP contribution in [-0.4, -0.2) is 0 Å². The summed E-state index contributed by atoms with van der Waals surface area (Å²) < 4.78 is 4.42. The number of halogens is 2. The molecule has 1 aliphatic carbocycles. The number of rotatable bonds is 5. The van der Waals surface area contributed by atoms with Crippen LogP contribution in [0.25, 0.3) is 5.57 Å². The first-order valence-corrected chi connectivity index (χ1v) is 12.0. The van der Waals surface area contributed by atoms with E-state index in [1.54, 1.807) is 0 Å². The Hall–Kier alpha value is -0.986. The van der Waals surface area contributed by atoms with E-state index in [2.05, 4.69) is 95.6 Å². The molecule has 0 aromatic heterocycles. The van der Waals surface area contributed by atoms with Crippen molar-refractivity contribution >= 4 is 36.1 Å². The first-order chi connectivity index (χ1) is 13.2. The Labute approximate surface area is 204 Å². The Bertz CT molecular complexity index is 952. The molecule has 2 aromatic carbocycles. The van der Waals surface area contributed by atoms with Crippen molar-refractivity contribution in [2.75, 3.05) is 3.80 Å². The van der Waals surface area contributed by atoms with Crippen molar-refractivity contribution in [3.63, 3.8) is 0 Å². The van der Waals surface area contributed by atoms with Crippen molar-refractivity contribution in [3.8, 4) is 0 Å². The summed E-state index contributed by atoms with van der Waals surface area (Å²) >= 11 is -0.366. The summed E-state index contributed by atoms with van der Waals surface area (Å²) in [5.41, 5.74) is 14.4. The third-order valence-corrected chi connectivity index (χ3v) is 8.23. The second-order valence-corrected chi connectivity index (χ2v) is 10.6. The number of hydrogen-bond donors (Lipinski definition) is 1. The molecule has 162 valence electrons. The summed E-state index contributed by atoms with van der Waals surface area (Å²) in [5, 5.41) is 0. The summed E-state index contributed by atoms with van der Waals surface area (Å²) in [6, 6.07) is 13.6. The number of aryl methyl sites for hydroxylation is 3. The maximum Gasteiger partial charge on any atom is -0.147 e. The van der Waals surface area contributed by atoms with Crippen molar-refractivity contribution in [2.24, 2.45) is 5.92 Å². The molecule has 0 aliphatic heterocycles. The van der Waals surface area contributed by atoms with Crippen LogP contribution < -0.4 is 3.80 Å². The Morgan fingerprint density at radius 3 is 1.97 bits per heavy atom. The molecule has 2 atom stereocenters. The smallest absolute Gasteiger partial charge is 0.147 e. The van der Waals surface area contributed by atoms with E-state index in [1.165, 1.54) is 55.8 Å². The van der Waals surface area contributed by atoms with E-state index >= 15 is 0 Å². The summed E-state index contributed by atoms with van der Waals surface area (Å²) in [6.07, 6.45) is 0. The van der Waals surface area contributed by atoms with Gasteiger partial charge in [0, 0.05) is 0 Å². The second-order valence-electron chi connectivity index (χ2n) is 8.42. The van der Waals surface area contributed by atoms with Crippen molar-refractivity contribution in [1.82, 2.24) is 0 Å². The van der Waals surface area contributed by atoms with Gasteiger partial charge in [0.1, 0.15) is 0 Å². The Morgan fingerprint density at radius 2 is 1.43 bits per heavy atom. The van der Waals surface area contributed by atoms with Crippen LogP contribution in [0.1, 0.15) is 66.7 Å². The number of nitrogens with one attached hydrogen (secondary N) is 1. The van der Waals surface area contributed by atoms with Gasteiger partial charge >= 0.3 is 181 Å². The SMILES string of the molecule is CC1=C(C)C(C)C(c2ccccc2[CH](C)[Ti][NH]c2c(C)cc(C)cc2C)=C1C.Cl.Cl. The van der Waals surface area contributed by atoms with E-state index in [4.69, 9.17) is 0 Å². The van der Waals surface area contributed by atoms with E-state index in [-0.39, 0.29) is 44.2 Å². The average molecular weight is 480 g/mol. The largest absolute Gasteiger partial charge is 0.147 e. The second kappa shape index (κ2) is 11.0. The van der Waals surface area contributed by atoms with Crippen molar-refractivity contribution < 1.29 is 19.4 Å². The predicted molar refractivity (Wildman–Crippen MR) is 134 cm³/mol. The van der Waals surface area contributed by atoms with Gasteiger partial charge in [-0.05, 0) is 0 Å². The molecule has 1 aliphatic rings. The van der Waals surface area contributed by atoms with Crippen LogP contribution in [0, 0.1) is 26.7 Å². The molecular formula is C26H35Cl2NTi. The number of anilines is 1. The molecule has 30 heavy (non-hydrogen) atoms. The fourth-order valence-corrected chi connectivity index (χ4v) is 6.37. The van der Waals surface area contributed by atoms with Gasteiger partial charge < -0.3 is 0 Å². The predicted octanol–water partition coefficient (Wildman–Crippen LogP) is 8.39. The fourth-order valence-electron chi connectivity index (χ4n) is 4.55. The van der Waals surface area contributed by atoms with Gasteiger partial charge in [0.2, 0.25) is 0 Å². The zero-order chi connectivity index (χ0) is 20.6. The van der Waals surface area contributed by atoms with Crippen LogP contribution in [-0.2, 0) is 19.4 Å². The number of benzene rings is 2. The van der Waals surface area contributed by atoms with E-state index in [0.717, 1.165) is 0 Å². The first kappa shape index (κ1) is 27.0. The number of allylic oxidation sites excluding steroid dienone is 4. The molecule has 1 nitrogen and oxygen atoms in total. The fraction of sp³-hybridized carbons (Fsp3) is 0.385. The molecule has 0 spiro atoms. The van der Waals surface area contributed by atoms with E-state index in [1.807, 2.05) is 0 Å². The molecule has 3 rings (SSSR count). The molecule has 4 heteroatoms. The van der Waals surface area contributed by atoms with Crippen LogP contribution in [0.15, 0.2) is 53.1 Å². The molecule has 0 bridgehead atoms. The van der Waals surface area contributed by atoms with Crippen molar-refractivity contribution in [1.29, 1.82) is 0 Å². The molecular weight excluding hydrogens is 445 g/mol. The van der Waals surface area contributed by atoms with Gasteiger partial charge in [0.05, 0.1) is 0 Å². The Morgan fingerprint density at radius 1 is 0.867 bits per heavy atom. The molecule has 0 saturated carbocycles. The average Bonchev–Trinajstić information content (AvgIpc) is 2.83. The Kier molecular flexibility index (Phi) is 9.96. The minimum atomic E-state index is -0.366. The third kappa shape index (κ3) is 5.25. The van der Waals surface area contributed by atoms with Crippen LogP contribution in [0.4, 0.5) is 5.69 Å². The normalized spacial score (nSPS) is 16.7. The summed E-state index contributed by atoms with van der Waals surface area (Å²) in [4.78, 5) is 0. The van der Waals surface area contributed by atoms with E-state index < -0.39 is 0 Å². The van der Waals surface area contributed by atoms with Crippen LogP contribution in [0.3, 0.4) is 0 Å². The number of hydrogen-bond acceptors (Lipinski definition) is 1. The molecule has 0 saturated heterocycles. The van der Waals surface area contributed by atoms with Crippen LogP contribution in [0.2, 0.25) is 0 Å². The summed E-state index contributed by atoms with van der Waals surface area (Å²) in [5.74, 6) is 0.517. The molecule has 1 N–H and O–H groups in total. The third-order valence-electron chi connectivity index (χ3n) is 6.45. The minimum absolute atomic E-state index is 0. The maximum atomic E-state index is 3.86. The van der Waals surface area contributed by atoms with Crippen molar-refractivity contribution in [2.45, 2.75) is 59.6 Å². The van der Waals surface area contributed by atoms with Gasteiger partial charge in [0.25, 0.3) is 0 Å². The van der Waals surface area contributed by atoms with Gasteiger partial charge in [-0.3, -0.25) is 0 Å². The van der Waals surface area contributed by atoms with E-state index in [0.29, 0.717) is 10.1 Å². The quantitative estimate of drug-likeness (QED) is 0.424. The van der Waals surface area contributed by atoms with Gasteiger partial charge in [-0.25, -0.2) is 0 Å². The zero-order valence-electron chi connectivity index (χ0n) is 19.4. The van der Waals surface area contributed by atoms with Crippen molar-refractivity contribution in [3.05, 3.63) is 80.9 Å². The summed E-state index contributed by atoms with van der Waals surface area (Å²) in [6.45, 7) is 18.2. The molecule has 2 unspecified atom stereocenters. The summed E-state index contributed by atoms with van der Waals surface area (Å²) in [7, 11) is 0. The topological polar surface area (TPSA) is 12.0 Å². The molecule has 2 aromatic rings. The molecule has 0 radical (unpaired) electrons. The minimum Gasteiger partial charge on any atom is -0.147 e. The van der Waals surface area contributed by atoms with Crippen LogP contribution >= 0.6 is 24.8 Å². The van der Waals surface area contributed by atoms with Gasteiger partial charge in [-0.2, -0.15) is 0 Å². The van der Waals surface area contributed by atoms with E-state index in [9.17, 15) is 0 Å². The Balaban J connectivity index is 0.00000225. The van der Waals surface area contributed by atoms with Gasteiger partial charge in [-0.15, -0.1) is 24.8 Å². The van der Waals surface area contributed by atoms with Gasteiger partial charge in [0.15, 0.2) is 0 Å². The first-order valence-electron chi connectivity index (χ1n) is 10.3. The van der Waals surface area contributed by atoms with Crippen LogP contribution in [0.5, 0.6) is 0 Å². The molecule has 0 heterocycles. The van der Waals surface area contributed by atoms with Gasteiger partial charge in [-0.1, -0.05) is 0 Å².